The van der Waals surface area contributed by atoms with Crippen LogP contribution in [-0.2, 0) is 0 Å². The van der Waals surface area contributed by atoms with Crippen molar-refractivity contribution in [2.24, 2.45) is 5.10 Å². The first-order chi connectivity index (χ1) is 13.6. The summed E-state index contributed by atoms with van der Waals surface area (Å²) in [5.74, 6) is 0.568. The van der Waals surface area contributed by atoms with Crippen molar-refractivity contribution in [1.29, 1.82) is 0 Å². The molecule has 3 rings (SSSR count). The number of hydrogen-bond donors (Lipinski definition) is 1. The number of hydrazone groups is 1. The van der Waals surface area contributed by atoms with E-state index in [-0.39, 0.29) is 17.0 Å². The van der Waals surface area contributed by atoms with E-state index in [9.17, 15) is 10.1 Å². The first-order valence-electron chi connectivity index (χ1n) is 9.94. The summed E-state index contributed by atoms with van der Waals surface area (Å²) >= 11 is 0. The molecule has 0 aliphatic carbocycles. The number of hydrogen-bond acceptors (Lipinski definition) is 6. The second kappa shape index (κ2) is 7.81. The van der Waals surface area contributed by atoms with Crippen molar-refractivity contribution < 1.29 is 4.92 Å². The molecule has 2 heterocycles. The van der Waals surface area contributed by atoms with Crippen LogP contribution in [0.5, 0.6) is 0 Å². The molecular weight excluding hydrogens is 366 g/mol. The van der Waals surface area contributed by atoms with Crippen LogP contribution in [0.3, 0.4) is 0 Å². The summed E-state index contributed by atoms with van der Waals surface area (Å²) in [4.78, 5) is 17.2. The summed E-state index contributed by atoms with van der Waals surface area (Å²) < 4.78 is 0. The van der Waals surface area contributed by atoms with Gasteiger partial charge in [-0.15, -0.1) is 0 Å². The number of anilines is 2. The standard InChI is InChI=1S/C22H29N5O2/c1-14(2)26-20-10-15(3)17(11-18(20)16(4)12-22(26,5)6)13-24-25-21-19(27(28)29)8-7-9-23-21/h7-11,13-14,16H,12H2,1-6H3,(H,23,25)/b24-13+. The smallest absolute Gasteiger partial charge is 0.313 e. The van der Waals surface area contributed by atoms with E-state index in [4.69, 9.17) is 0 Å². The maximum absolute atomic E-state index is 11.1. The highest BCUT2D eigenvalue weighted by Crippen LogP contribution is 2.45. The fourth-order valence-electron chi connectivity index (χ4n) is 4.52. The van der Waals surface area contributed by atoms with Gasteiger partial charge in [0.15, 0.2) is 0 Å². The number of rotatable bonds is 5. The van der Waals surface area contributed by atoms with Crippen LogP contribution in [0, 0.1) is 17.0 Å². The van der Waals surface area contributed by atoms with Gasteiger partial charge in [0, 0.05) is 29.5 Å². The number of nitrogens with zero attached hydrogens (tertiary/aromatic N) is 4. The lowest BCUT2D eigenvalue weighted by Gasteiger charge is -2.50. The molecule has 29 heavy (non-hydrogen) atoms. The molecule has 1 aromatic heterocycles. The molecule has 0 saturated heterocycles. The van der Waals surface area contributed by atoms with Gasteiger partial charge in [-0.05, 0) is 81.8 Å². The van der Waals surface area contributed by atoms with E-state index < -0.39 is 4.92 Å². The Morgan fingerprint density at radius 1 is 1.41 bits per heavy atom. The molecule has 154 valence electrons. The van der Waals surface area contributed by atoms with Crippen molar-refractivity contribution in [3.8, 4) is 0 Å². The van der Waals surface area contributed by atoms with Crippen molar-refractivity contribution in [2.45, 2.75) is 65.5 Å². The third-order valence-corrected chi connectivity index (χ3v) is 5.54. The first-order valence-corrected chi connectivity index (χ1v) is 9.94. The Bertz CT molecular complexity index is 952. The predicted molar refractivity (Wildman–Crippen MR) is 118 cm³/mol. The van der Waals surface area contributed by atoms with E-state index in [0.717, 1.165) is 17.5 Å². The summed E-state index contributed by atoms with van der Waals surface area (Å²) in [7, 11) is 0. The van der Waals surface area contributed by atoms with Gasteiger partial charge in [0.05, 0.1) is 11.1 Å². The zero-order valence-electron chi connectivity index (χ0n) is 17.9. The number of pyridine rings is 1. The maximum Gasteiger partial charge on any atom is 0.313 e. The van der Waals surface area contributed by atoms with Crippen molar-refractivity contribution in [3.63, 3.8) is 0 Å². The number of nitrogens with one attached hydrogen (secondary N) is 1. The molecule has 1 atom stereocenters. The number of fused-ring (bicyclic) bond motifs is 1. The van der Waals surface area contributed by atoms with Gasteiger partial charge in [0.1, 0.15) is 0 Å². The van der Waals surface area contributed by atoms with Crippen molar-refractivity contribution in [3.05, 3.63) is 57.3 Å². The lowest BCUT2D eigenvalue weighted by Crippen LogP contribution is -2.51. The highest BCUT2D eigenvalue weighted by atomic mass is 16.6. The van der Waals surface area contributed by atoms with E-state index in [1.165, 1.54) is 29.6 Å². The third-order valence-electron chi connectivity index (χ3n) is 5.54. The number of aromatic nitrogens is 1. The molecule has 0 fully saturated rings. The van der Waals surface area contributed by atoms with Crippen LogP contribution in [0.15, 0.2) is 35.6 Å². The molecule has 1 aromatic carbocycles. The second-order valence-electron chi connectivity index (χ2n) is 8.65. The van der Waals surface area contributed by atoms with Gasteiger partial charge in [0.2, 0.25) is 5.82 Å². The molecule has 7 heteroatoms. The zero-order valence-corrected chi connectivity index (χ0v) is 17.9. The number of nitro groups is 1. The fourth-order valence-corrected chi connectivity index (χ4v) is 4.52. The predicted octanol–water partition coefficient (Wildman–Crippen LogP) is 5.24. The molecule has 1 aliphatic heterocycles. The minimum absolute atomic E-state index is 0.0993. The molecular formula is C22H29N5O2. The van der Waals surface area contributed by atoms with E-state index in [1.54, 1.807) is 6.21 Å². The summed E-state index contributed by atoms with van der Waals surface area (Å²) in [5, 5.41) is 15.3. The molecule has 1 aliphatic rings. The van der Waals surface area contributed by atoms with Crippen LogP contribution in [-0.4, -0.2) is 27.7 Å². The normalized spacial score (nSPS) is 18.2. The fraction of sp³-hybridized carbons (Fsp3) is 0.455. The SMILES string of the molecule is Cc1cc2c(cc1/C=N/Nc1ncccc1[N+](=O)[O-])C(C)CC(C)(C)N2C(C)C. The van der Waals surface area contributed by atoms with Gasteiger partial charge < -0.3 is 4.90 Å². The topological polar surface area (TPSA) is 83.7 Å². The lowest BCUT2D eigenvalue weighted by atomic mass is 9.78. The Morgan fingerprint density at radius 3 is 2.79 bits per heavy atom. The van der Waals surface area contributed by atoms with Gasteiger partial charge in [-0.1, -0.05) is 6.92 Å². The summed E-state index contributed by atoms with van der Waals surface area (Å²) in [5.41, 5.74) is 7.41. The Hall–Kier alpha value is -2.96. The van der Waals surface area contributed by atoms with Crippen molar-refractivity contribution in [1.82, 2.24) is 4.98 Å². The molecule has 0 bridgehead atoms. The molecule has 0 amide bonds. The van der Waals surface area contributed by atoms with Crippen molar-refractivity contribution in [2.75, 3.05) is 10.3 Å². The monoisotopic (exact) mass is 395 g/mol. The minimum Gasteiger partial charge on any atom is -0.364 e. The number of aryl methyl sites for hydroxylation is 1. The molecule has 0 saturated carbocycles. The average Bonchev–Trinajstić information content (AvgIpc) is 2.61. The van der Waals surface area contributed by atoms with Crippen LogP contribution in [0.2, 0.25) is 0 Å². The van der Waals surface area contributed by atoms with E-state index in [2.05, 4.69) is 74.1 Å². The average molecular weight is 396 g/mol. The molecule has 1 unspecified atom stereocenters. The van der Waals surface area contributed by atoms with Gasteiger partial charge in [-0.3, -0.25) is 15.5 Å². The third kappa shape index (κ3) is 4.09. The first kappa shape index (κ1) is 20.8. The lowest BCUT2D eigenvalue weighted by molar-refractivity contribution is -0.384. The molecule has 2 aromatic rings. The van der Waals surface area contributed by atoms with Crippen LogP contribution in [0.4, 0.5) is 17.2 Å². The maximum atomic E-state index is 11.1. The van der Waals surface area contributed by atoms with Gasteiger partial charge in [0.25, 0.3) is 0 Å². The Balaban J connectivity index is 1.93. The van der Waals surface area contributed by atoms with Gasteiger partial charge in [-0.2, -0.15) is 5.10 Å². The Labute approximate surface area is 172 Å². The molecule has 0 radical (unpaired) electrons. The Morgan fingerprint density at radius 2 is 2.14 bits per heavy atom. The molecule has 1 N–H and O–H groups in total. The van der Waals surface area contributed by atoms with Crippen LogP contribution >= 0.6 is 0 Å². The summed E-state index contributed by atoms with van der Waals surface area (Å²) in [6.07, 6.45) is 4.29. The Kier molecular flexibility index (Phi) is 5.59. The summed E-state index contributed by atoms with van der Waals surface area (Å²) in [6, 6.07) is 7.76. The second-order valence-corrected chi connectivity index (χ2v) is 8.65. The van der Waals surface area contributed by atoms with E-state index in [1.807, 2.05) is 0 Å². The molecule has 7 nitrogen and oxygen atoms in total. The summed E-state index contributed by atoms with van der Waals surface area (Å²) in [6.45, 7) is 13.4. The van der Waals surface area contributed by atoms with E-state index >= 15 is 0 Å². The van der Waals surface area contributed by atoms with E-state index in [0.29, 0.717) is 12.0 Å². The van der Waals surface area contributed by atoms with Gasteiger partial charge >= 0.3 is 5.69 Å². The quantitative estimate of drug-likeness (QED) is 0.425. The van der Waals surface area contributed by atoms with Crippen LogP contribution < -0.4 is 10.3 Å². The van der Waals surface area contributed by atoms with Crippen molar-refractivity contribution >= 4 is 23.4 Å². The highest BCUT2D eigenvalue weighted by Gasteiger charge is 2.37. The zero-order chi connectivity index (χ0) is 21.3. The highest BCUT2D eigenvalue weighted by molar-refractivity contribution is 5.84. The van der Waals surface area contributed by atoms with Crippen LogP contribution in [0.1, 0.15) is 63.6 Å². The van der Waals surface area contributed by atoms with Gasteiger partial charge in [-0.25, -0.2) is 4.98 Å². The number of benzene rings is 1. The largest absolute Gasteiger partial charge is 0.364 e. The minimum atomic E-state index is -0.473. The van der Waals surface area contributed by atoms with Crippen LogP contribution in [0.25, 0.3) is 0 Å². The molecule has 0 spiro atoms.